The number of oxazole rings is 1. The van der Waals surface area contributed by atoms with E-state index < -0.39 is 5.97 Å². The number of methoxy groups -OCH3 is 2. The van der Waals surface area contributed by atoms with E-state index in [2.05, 4.69) is 4.98 Å². The highest BCUT2D eigenvalue weighted by molar-refractivity contribution is 6.08. The van der Waals surface area contributed by atoms with E-state index in [-0.39, 0.29) is 17.8 Å². The summed E-state index contributed by atoms with van der Waals surface area (Å²) in [4.78, 5) is 30.3. The fourth-order valence-corrected chi connectivity index (χ4v) is 4.64. The highest BCUT2D eigenvalue weighted by Crippen LogP contribution is 2.32. The summed E-state index contributed by atoms with van der Waals surface area (Å²) in [5.41, 5.74) is 3.09. The number of carbonyl (C=O) groups is 2. The monoisotopic (exact) mass is 477 g/mol. The molecule has 0 radical (unpaired) electrons. The highest BCUT2D eigenvalue weighted by atomic mass is 16.5. The van der Waals surface area contributed by atoms with Crippen molar-refractivity contribution < 1.29 is 28.2 Å². The molecule has 0 bridgehead atoms. The highest BCUT2D eigenvalue weighted by Gasteiger charge is 2.31. The molecule has 1 aromatic heterocycles. The van der Waals surface area contributed by atoms with E-state index in [4.69, 9.17) is 18.6 Å². The van der Waals surface area contributed by atoms with Gasteiger partial charge in [-0.1, -0.05) is 30.7 Å². The van der Waals surface area contributed by atoms with Crippen molar-refractivity contribution in [2.45, 2.75) is 52.2 Å². The number of rotatable bonds is 8. The normalized spacial score (nSPS) is 17.7. The van der Waals surface area contributed by atoms with Gasteiger partial charge in [-0.3, -0.25) is 4.79 Å². The molecular weight excluding hydrogens is 446 g/mol. The molecular formula is C28H31NO6. The molecule has 3 aromatic rings. The van der Waals surface area contributed by atoms with Crippen LogP contribution >= 0.6 is 0 Å². The number of hydrogen-bond acceptors (Lipinski definition) is 7. The molecule has 0 spiro atoms. The van der Waals surface area contributed by atoms with Crippen molar-refractivity contribution in [1.82, 2.24) is 4.98 Å². The Morgan fingerprint density at radius 1 is 1.09 bits per heavy atom. The van der Waals surface area contributed by atoms with Crippen molar-refractivity contribution >= 4 is 11.8 Å². The molecule has 0 amide bonds. The summed E-state index contributed by atoms with van der Waals surface area (Å²) in [6.45, 7) is 3.99. The molecule has 2 atom stereocenters. The maximum atomic E-state index is 13.4. The Labute approximate surface area is 205 Å². The first kappa shape index (κ1) is 24.7. The van der Waals surface area contributed by atoms with Crippen molar-refractivity contribution in [1.29, 1.82) is 0 Å². The Morgan fingerprint density at radius 3 is 2.66 bits per heavy atom. The predicted octanol–water partition coefficient (Wildman–Crippen LogP) is 5.71. The van der Waals surface area contributed by atoms with Crippen LogP contribution in [0.4, 0.5) is 0 Å². The molecule has 1 aliphatic carbocycles. The number of esters is 1. The van der Waals surface area contributed by atoms with Crippen molar-refractivity contribution in [3.8, 4) is 17.2 Å². The van der Waals surface area contributed by atoms with Crippen LogP contribution < -0.4 is 4.74 Å². The first-order valence-electron chi connectivity index (χ1n) is 11.9. The van der Waals surface area contributed by atoms with Crippen molar-refractivity contribution in [2.24, 2.45) is 5.92 Å². The molecule has 4 rings (SSSR count). The van der Waals surface area contributed by atoms with Gasteiger partial charge in [0.25, 0.3) is 0 Å². The van der Waals surface area contributed by atoms with Gasteiger partial charge >= 0.3 is 5.97 Å². The summed E-state index contributed by atoms with van der Waals surface area (Å²) < 4.78 is 22.3. The fraction of sp³-hybridized carbons (Fsp3) is 0.393. The number of Topliss-reactive ketones (excluding diaryl/α,β-unsaturated/α-hetero) is 1. The van der Waals surface area contributed by atoms with Gasteiger partial charge in [0.1, 0.15) is 17.2 Å². The quantitative estimate of drug-likeness (QED) is 0.303. The van der Waals surface area contributed by atoms with Gasteiger partial charge < -0.3 is 18.6 Å². The van der Waals surface area contributed by atoms with E-state index in [9.17, 15) is 9.59 Å². The van der Waals surface area contributed by atoms with E-state index >= 15 is 0 Å². The molecule has 1 fully saturated rings. The van der Waals surface area contributed by atoms with Crippen molar-refractivity contribution in [3.63, 3.8) is 0 Å². The molecule has 2 aromatic carbocycles. The van der Waals surface area contributed by atoms with Crippen LogP contribution in [-0.4, -0.2) is 37.1 Å². The van der Waals surface area contributed by atoms with Crippen LogP contribution in [-0.2, 0) is 16.1 Å². The first-order valence-corrected chi connectivity index (χ1v) is 11.9. The van der Waals surface area contributed by atoms with Gasteiger partial charge in [0.15, 0.2) is 5.78 Å². The molecule has 7 heteroatoms. The van der Waals surface area contributed by atoms with Gasteiger partial charge in [0, 0.05) is 17.0 Å². The lowest BCUT2D eigenvalue weighted by Crippen LogP contribution is -2.29. The summed E-state index contributed by atoms with van der Waals surface area (Å²) in [5, 5.41) is 0. The standard InChI is InChI=1S/C28H31NO6/c1-17-8-5-13-23(25(17)28(31)33-4)26(30)19-9-6-12-22(14-19)34-16-24-18(2)35-27(29-24)20-10-7-11-21(15-20)32-3/h5,7-8,10-11,13,15,19,22H,6,9,12,14,16H2,1-4H3/t19-,22+/m0/s1. The smallest absolute Gasteiger partial charge is 0.338 e. The third-order valence-electron chi connectivity index (χ3n) is 6.59. The van der Waals surface area contributed by atoms with Crippen molar-refractivity contribution in [3.05, 3.63) is 70.6 Å². The van der Waals surface area contributed by atoms with E-state index in [1.165, 1.54) is 7.11 Å². The molecule has 184 valence electrons. The minimum Gasteiger partial charge on any atom is -0.497 e. The lowest BCUT2D eigenvalue weighted by molar-refractivity contribution is 0.00215. The van der Waals surface area contributed by atoms with Gasteiger partial charge in [-0.2, -0.15) is 0 Å². The number of carbonyl (C=O) groups excluding carboxylic acids is 2. The second-order valence-electron chi connectivity index (χ2n) is 8.90. The van der Waals surface area contributed by atoms with Crippen LogP contribution in [0.15, 0.2) is 46.9 Å². The van der Waals surface area contributed by atoms with E-state index in [1.807, 2.05) is 44.2 Å². The number of benzene rings is 2. The second kappa shape index (κ2) is 10.9. The van der Waals surface area contributed by atoms with E-state index in [0.29, 0.717) is 35.8 Å². The van der Waals surface area contributed by atoms with Gasteiger partial charge in [-0.25, -0.2) is 9.78 Å². The van der Waals surface area contributed by atoms with E-state index in [1.54, 1.807) is 19.2 Å². The second-order valence-corrected chi connectivity index (χ2v) is 8.90. The molecule has 7 nitrogen and oxygen atoms in total. The minimum absolute atomic E-state index is 0.0275. The largest absolute Gasteiger partial charge is 0.497 e. The molecule has 1 heterocycles. The average Bonchev–Trinajstić information content (AvgIpc) is 3.27. The zero-order valence-corrected chi connectivity index (χ0v) is 20.6. The molecule has 1 aliphatic rings. The summed E-state index contributed by atoms with van der Waals surface area (Å²) in [6, 6.07) is 12.9. The third-order valence-corrected chi connectivity index (χ3v) is 6.59. The Hall–Kier alpha value is -3.45. The fourth-order valence-electron chi connectivity index (χ4n) is 4.64. The number of ether oxygens (including phenoxy) is 3. The molecule has 1 saturated carbocycles. The number of nitrogens with zero attached hydrogens (tertiary/aromatic N) is 1. The zero-order chi connectivity index (χ0) is 24.9. The predicted molar refractivity (Wildman–Crippen MR) is 131 cm³/mol. The minimum atomic E-state index is -0.483. The molecule has 0 unspecified atom stereocenters. The topological polar surface area (TPSA) is 87.9 Å². The molecule has 0 N–H and O–H groups in total. The van der Waals surface area contributed by atoms with Gasteiger partial charge in [-0.15, -0.1) is 0 Å². The summed E-state index contributed by atoms with van der Waals surface area (Å²) >= 11 is 0. The number of aryl methyl sites for hydroxylation is 2. The zero-order valence-electron chi connectivity index (χ0n) is 20.6. The average molecular weight is 478 g/mol. The lowest BCUT2D eigenvalue weighted by atomic mass is 9.81. The summed E-state index contributed by atoms with van der Waals surface area (Å²) in [6.07, 6.45) is 3.07. The Bertz CT molecular complexity index is 1210. The molecule has 35 heavy (non-hydrogen) atoms. The Morgan fingerprint density at radius 2 is 1.89 bits per heavy atom. The van der Waals surface area contributed by atoms with Gasteiger partial charge in [-0.05, 0) is 56.9 Å². The lowest BCUT2D eigenvalue weighted by Gasteiger charge is -2.28. The van der Waals surface area contributed by atoms with Crippen LogP contribution in [0.5, 0.6) is 5.75 Å². The maximum absolute atomic E-state index is 13.4. The molecule has 0 saturated heterocycles. The van der Waals surface area contributed by atoms with Crippen molar-refractivity contribution in [2.75, 3.05) is 14.2 Å². The SMILES string of the molecule is COC(=O)c1c(C)cccc1C(=O)[C@H]1CCC[C@@H](OCc2nc(-c3cccc(OC)c3)oc2C)C1. The first-order chi connectivity index (χ1) is 16.9. The van der Waals surface area contributed by atoms with Crippen LogP contribution in [0.2, 0.25) is 0 Å². The third kappa shape index (κ3) is 5.46. The Kier molecular flexibility index (Phi) is 7.66. The summed E-state index contributed by atoms with van der Waals surface area (Å²) in [5.74, 6) is 1.24. The number of aromatic nitrogens is 1. The summed E-state index contributed by atoms with van der Waals surface area (Å²) in [7, 11) is 2.95. The maximum Gasteiger partial charge on any atom is 0.338 e. The Balaban J connectivity index is 1.43. The number of hydrogen-bond donors (Lipinski definition) is 0. The van der Waals surface area contributed by atoms with Crippen LogP contribution in [0.1, 0.15) is 63.4 Å². The van der Waals surface area contributed by atoms with Gasteiger partial charge in [0.2, 0.25) is 5.89 Å². The van der Waals surface area contributed by atoms with Crippen LogP contribution in [0.25, 0.3) is 11.5 Å². The molecule has 0 aliphatic heterocycles. The van der Waals surface area contributed by atoms with Crippen LogP contribution in [0, 0.1) is 19.8 Å². The van der Waals surface area contributed by atoms with Crippen LogP contribution in [0.3, 0.4) is 0 Å². The van der Waals surface area contributed by atoms with E-state index in [0.717, 1.165) is 41.8 Å². The van der Waals surface area contributed by atoms with Gasteiger partial charge in [0.05, 0.1) is 32.5 Å². The number of ketones is 1.